The fourth-order valence-electron chi connectivity index (χ4n) is 3.05. The summed E-state index contributed by atoms with van der Waals surface area (Å²) in [5, 5.41) is 3.42. The van der Waals surface area contributed by atoms with Crippen LogP contribution in [0.1, 0.15) is 46.0 Å². The van der Waals surface area contributed by atoms with Crippen molar-refractivity contribution in [3.05, 3.63) is 0 Å². The van der Waals surface area contributed by atoms with Crippen LogP contribution in [0.4, 0.5) is 0 Å². The zero-order valence-corrected chi connectivity index (χ0v) is 13.5. The Balaban J connectivity index is 1.93. The van der Waals surface area contributed by atoms with E-state index in [4.69, 9.17) is 4.74 Å². The first-order valence-electron chi connectivity index (χ1n) is 7.87. The first kappa shape index (κ1) is 16.2. The molecule has 2 aliphatic heterocycles. The molecule has 1 N–H and O–H groups in total. The van der Waals surface area contributed by atoms with E-state index in [-0.39, 0.29) is 17.9 Å². The molecule has 2 fully saturated rings. The minimum atomic E-state index is -3.16. The van der Waals surface area contributed by atoms with Gasteiger partial charge in [0.05, 0.1) is 18.5 Å². The Bertz CT molecular complexity index is 393. The maximum Gasteiger partial charge on any atom is 0.214 e. The second-order valence-corrected chi connectivity index (χ2v) is 8.07. The fraction of sp³-hybridized carbons (Fsp3) is 1.00. The van der Waals surface area contributed by atoms with Crippen LogP contribution in [-0.2, 0) is 14.8 Å². The molecule has 0 aliphatic carbocycles. The summed E-state index contributed by atoms with van der Waals surface area (Å²) in [4.78, 5) is 0. The second kappa shape index (κ2) is 7.20. The lowest BCUT2D eigenvalue weighted by Crippen LogP contribution is -2.52. The highest BCUT2D eigenvalue weighted by Gasteiger charge is 2.34. The van der Waals surface area contributed by atoms with Gasteiger partial charge in [0, 0.05) is 18.6 Å². The number of nitrogens with one attached hydrogen (secondary N) is 1. The van der Waals surface area contributed by atoms with Gasteiger partial charge in [-0.2, -0.15) is 4.31 Å². The summed E-state index contributed by atoms with van der Waals surface area (Å²) in [6, 6.07) is 0.382. The Morgan fingerprint density at radius 3 is 2.80 bits per heavy atom. The Hall–Kier alpha value is -0.170. The number of morpholine rings is 1. The molecule has 0 aromatic heterocycles. The lowest BCUT2D eigenvalue weighted by molar-refractivity contribution is -0.0230. The molecule has 2 heterocycles. The predicted molar refractivity (Wildman–Crippen MR) is 80.2 cm³/mol. The molecule has 0 aromatic rings. The molecule has 3 atom stereocenters. The molecule has 0 bridgehead atoms. The van der Waals surface area contributed by atoms with E-state index in [1.165, 1.54) is 12.8 Å². The Morgan fingerprint density at radius 2 is 2.15 bits per heavy atom. The van der Waals surface area contributed by atoms with Crippen LogP contribution in [-0.4, -0.2) is 56.4 Å². The van der Waals surface area contributed by atoms with Gasteiger partial charge in [0.2, 0.25) is 10.0 Å². The van der Waals surface area contributed by atoms with Crippen LogP contribution in [0.25, 0.3) is 0 Å². The molecule has 0 radical (unpaired) electrons. The lowest BCUT2D eigenvalue weighted by atomic mass is 10.0. The van der Waals surface area contributed by atoms with Gasteiger partial charge < -0.3 is 10.1 Å². The molecular formula is C14H28N2O3S. The van der Waals surface area contributed by atoms with Gasteiger partial charge in [0.15, 0.2) is 0 Å². The molecule has 6 heteroatoms. The average molecular weight is 304 g/mol. The van der Waals surface area contributed by atoms with Crippen LogP contribution in [0.2, 0.25) is 0 Å². The molecule has 20 heavy (non-hydrogen) atoms. The van der Waals surface area contributed by atoms with E-state index < -0.39 is 10.0 Å². The molecule has 0 amide bonds. The fourth-order valence-corrected chi connectivity index (χ4v) is 4.97. The number of ether oxygens (including phenoxy) is 1. The van der Waals surface area contributed by atoms with Crippen molar-refractivity contribution < 1.29 is 13.2 Å². The Kier molecular flexibility index (Phi) is 5.84. The molecule has 2 rings (SSSR count). The monoisotopic (exact) mass is 304 g/mol. The van der Waals surface area contributed by atoms with E-state index in [0.29, 0.717) is 19.2 Å². The summed E-state index contributed by atoms with van der Waals surface area (Å²) >= 11 is 0. The molecule has 5 nitrogen and oxygen atoms in total. The maximum atomic E-state index is 12.6. The highest BCUT2D eigenvalue weighted by Crippen LogP contribution is 2.20. The van der Waals surface area contributed by atoms with Gasteiger partial charge >= 0.3 is 0 Å². The summed E-state index contributed by atoms with van der Waals surface area (Å²) in [6.45, 7) is 6.01. The topological polar surface area (TPSA) is 58.6 Å². The summed E-state index contributed by atoms with van der Waals surface area (Å²) in [7, 11) is -3.16. The summed E-state index contributed by atoms with van der Waals surface area (Å²) in [6.07, 6.45) is 5.07. The smallest absolute Gasteiger partial charge is 0.214 e. The SMILES string of the molecule is CCC1COC(C)CN1S(=O)(=O)CCC1CCCCN1. The molecular weight excluding hydrogens is 276 g/mol. The van der Waals surface area contributed by atoms with Crippen molar-refractivity contribution in [1.82, 2.24) is 9.62 Å². The first-order chi connectivity index (χ1) is 9.53. The predicted octanol–water partition coefficient (Wildman–Crippen LogP) is 1.35. The average Bonchev–Trinajstić information content (AvgIpc) is 2.46. The third-order valence-electron chi connectivity index (χ3n) is 4.38. The summed E-state index contributed by atoms with van der Waals surface area (Å²) in [5.74, 6) is 0.258. The van der Waals surface area contributed by atoms with Gasteiger partial charge in [-0.25, -0.2) is 8.42 Å². The number of rotatable bonds is 5. The van der Waals surface area contributed by atoms with E-state index in [1.54, 1.807) is 4.31 Å². The normalized spacial score (nSPS) is 33.2. The highest BCUT2D eigenvalue weighted by atomic mass is 32.2. The number of hydrogen-bond acceptors (Lipinski definition) is 4. The lowest BCUT2D eigenvalue weighted by Gasteiger charge is -2.37. The molecule has 0 aromatic carbocycles. The van der Waals surface area contributed by atoms with E-state index in [9.17, 15) is 8.42 Å². The van der Waals surface area contributed by atoms with Crippen molar-refractivity contribution in [2.75, 3.05) is 25.4 Å². The minimum Gasteiger partial charge on any atom is -0.375 e. The van der Waals surface area contributed by atoms with E-state index in [2.05, 4.69) is 5.32 Å². The molecule has 0 saturated carbocycles. The van der Waals surface area contributed by atoms with Gasteiger partial charge in [-0.3, -0.25) is 0 Å². The molecule has 3 unspecified atom stereocenters. The van der Waals surface area contributed by atoms with Crippen LogP contribution in [0.15, 0.2) is 0 Å². The standard InChI is InChI=1S/C14H28N2O3S/c1-3-14-11-19-12(2)10-16(14)20(17,18)9-7-13-6-4-5-8-15-13/h12-15H,3-11H2,1-2H3. The van der Waals surface area contributed by atoms with Crippen molar-refractivity contribution in [3.8, 4) is 0 Å². The van der Waals surface area contributed by atoms with Crippen molar-refractivity contribution in [2.45, 2.75) is 64.1 Å². The number of piperidine rings is 1. The van der Waals surface area contributed by atoms with Crippen LogP contribution < -0.4 is 5.32 Å². The van der Waals surface area contributed by atoms with Gasteiger partial charge in [0.1, 0.15) is 0 Å². The molecule has 2 aliphatic rings. The third kappa shape index (κ3) is 4.16. The zero-order chi connectivity index (χ0) is 14.6. The van der Waals surface area contributed by atoms with Crippen molar-refractivity contribution in [2.24, 2.45) is 0 Å². The summed E-state index contributed by atoms with van der Waals surface area (Å²) < 4.78 is 32.4. The summed E-state index contributed by atoms with van der Waals surface area (Å²) in [5.41, 5.74) is 0. The van der Waals surface area contributed by atoms with E-state index in [0.717, 1.165) is 25.8 Å². The maximum absolute atomic E-state index is 12.6. The van der Waals surface area contributed by atoms with E-state index in [1.807, 2.05) is 13.8 Å². The molecule has 0 spiro atoms. The number of hydrogen-bond donors (Lipinski definition) is 1. The zero-order valence-electron chi connectivity index (χ0n) is 12.7. The number of nitrogens with zero attached hydrogens (tertiary/aromatic N) is 1. The van der Waals surface area contributed by atoms with Crippen LogP contribution in [0.3, 0.4) is 0 Å². The van der Waals surface area contributed by atoms with Crippen LogP contribution >= 0.6 is 0 Å². The second-order valence-electron chi connectivity index (χ2n) is 6.03. The van der Waals surface area contributed by atoms with E-state index >= 15 is 0 Å². The minimum absolute atomic E-state index is 0.000352. The van der Waals surface area contributed by atoms with Gasteiger partial charge in [-0.1, -0.05) is 13.3 Å². The first-order valence-corrected chi connectivity index (χ1v) is 9.48. The molecule has 2 saturated heterocycles. The highest BCUT2D eigenvalue weighted by molar-refractivity contribution is 7.89. The van der Waals surface area contributed by atoms with Crippen molar-refractivity contribution in [1.29, 1.82) is 0 Å². The van der Waals surface area contributed by atoms with Crippen molar-refractivity contribution in [3.63, 3.8) is 0 Å². The van der Waals surface area contributed by atoms with Gasteiger partial charge in [-0.05, 0) is 39.2 Å². The molecule has 118 valence electrons. The third-order valence-corrected chi connectivity index (χ3v) is 6.30. The van der Waals surface area contributed by atoms with Crippen molar-refractivity contribution >= 4 is 10.0 Å². The quantitative estimate of drug-likeness (QED) is 0.833. The number of sulfonamides is 1. The Labute approximate surface area is 123 Å². The van der Waals surface area contributed by atoms with Gasteiger partial charge in [0.25, 0.3) is 0 Å². The van der Waals surface area contributed by atoms with Crippen LogP contribution in [0, 0.1) is 0 Å². The Morgan fingerprint density at radius 1 is 1.35 bits per heavy atom. The van der Waals surface area contributed by atoms with Gasteiger partial charge in [-0.15, -0.1) is 0 Å². The largest absolute Gasteiger partial charge is 0.375 e. The van der Waals surface area contributed by atoms with Crippen LogP contribution in [0.5, 0.6) is 0 Å².